The average Bonchev–Trinajstić information content (AvgIpc) is 2.43. The summed E-state index contributed by atoms with van der Waals surface area (Å²) in [5, 5.41) is 0. The second-order valence-corrected chi connectivity index (χ2v) is 6.08. The predicted octanol–water partition coefficient (Wildman–Crippen LogP) is 2.95. The first-order chi connectivity index (χ1) is 7.20. The van der Waals surface area contributed by atoms with Gasteiger partial charge in [-0.15, -0.1) is 0 Å². The van der Waals surface area contributed by atoms with Crippen LogP contribution in [0.1, 0.15) is 45.4 Å². The molecular weight excluding hydrogens is 254 g/mol. The van der Waals surface area contributed by atoms with Crippen LogP contribution in [0.5, 0.6) is 0 Å². The Hall–Kier alpha value is -0.0500. The topological polar surface area (TPSA) is 20.3 Å². The molecule has 0 aromatic rings. The molecule has 1 saturated carbocycles. The fraction of sp³-hybridized carbons (Fsp3) is 0.917. The van der Waals surface area contributed by atoms with E-state index in [9.17, 15) is 4.79 Å². The highest BCUT2D eigenvalue weighted by molar-refractivity contribution is 9.10. The maximum atomic E-state index is 11.9. The van der Waals surface area contributed by atoms with Gasteiger partial charge in [0.05, 0.1) is 4.83 Å². The Morgan fingerprint density at radius 2 is 1.93 bits per heavy atom. The standard InChI is InChI=1S/C12H20BrNO/c1-9-5-3-2-4-6-11(9)14-8-7-10(13)12(14)15/h9-11H,2-8H2,1H3. The lowest BCUT2D eigenvalue weighted by Gasteiger charge is -2.31. The second kappa shape index (κ2) is 4.86. The largest absolute Gasteiger partial charge is 0.338 e. The SMILES string of the molecule is CC1CCCCCC1N1CCC(Br)C1=O. The van der Waals surface area contributed by atoms with Crippen LogP contribution in [0.15, 0.2) is 0 Å². The molecule has 3 atom stereocenters. The van der Waals surface area contributed by atoms with Crippen LogP contribution in [-0.2, 0) is 4.79 Å². The summed E-state index contributed by atoms with van der Waals surface area (Å²) < 4.78 is 0. The number of halogens is 1. The molecule has 2 fully saturated rings. The molecule has 1 aliphatic carbocycles. The Kier molecular flexibility index (Phi) is 3.70. The van der Waals surface area contributed by atoms with Crippen molar-refractivity contribution in [1.82, 2.24) is 4.90 Å². The molecule has 3 unspecified atom stereocenters. The summed E-state index contributed by atoms with van der Waals surface area (Å²) in [6.45, 7) is 3.27. The minimum absolute atomic E-state index is 0.0907. The highest BCUT2D eigenvalue weighted by Crippen LogP contribution is 2.31. The van der Waals surface area contributed by atoms with Gasteiger partial charge in [-0.3, -0.25) is 4.79 Å². The third-order valence-electron chi connectivity index (χ3n) is 3.89. The fourth-order valence-corrected chi connectivity index (χ4v) is 3.40. The monoisotopic (exact) mass is 273 g/mol. The van der Waals surface area contributed by atoms with E-state index in [-0.39, 0.29) is 4.83 Å². The number of alkyl halides is 1. The molecule has 2 aliphatic rings. The zero-order chi connectivity index (χ0) is 10.8. The Bertz CT molecular complexity index is 244. The van der Waals surface area contributed by atoms with Gasteiger partial charge in [-0.05, 0) is 25.2 Å². The maximum Gasteiger partial charge on any atom is 0.236 e. The highest BCUT2D eigenvalue weighted by atomic mass is 79.9. The zero-order valence-corrected chi connectivity index (χ0v) is 11.0. The van der Waals surface area contributed by atoms with Gasteiger partial charge >= 0.3 is 0 Å². The number of rotatable bonds is 1. The van der Waals surface area contributed by atoms with Crippen molar-refractivity contribution >= 4 is 21.8 Å². The maximum absolute atomic E-state index is 11.9. The third kappa shape index (κ3) is 2.38. The number of hydrogen-bond donors (Lipinski definition) is 0. The lowest BCUT2D eigenvalue weighted by molar-refractivity contribution is -0.130. The Balaban J connectivity index is 2.04. The van der Waals surface area contributed by atoms with Gasteiger partial charge in [0.1, 0.15) is 0 Å². The lowest BCUT2D eigenvalue weighted by Crippen LogP contribution is -2.41. The van der Waals surface area contributed by atoms with Crippen molar-refractivity contribution in [2.75, 3.05) is 6.54 Å². The van der Waals surface area contributed by atoms with E-state index in [0.29, 0.717) is 17.9 Å². The summed E-state index contributed by atoms with van der Waals surface area (Å²) in [5.74, 6) is 1.02. The van der Waals surface area contributed by atoms with Crippen molar-refractivity contribution in [3.8, 4) is 0 Å². The van der Waals surface area contributed by atoms with Crippen molar-refractivity contribution in [1.29, 1.82) is 0 Å². The summed E-state index contributed by atoms with van der Waals surface area (Å²) in [6.07, 6.45) is 7.49. The van der Waals surface area contributed by atoms with Crippen LogP contribution in [0, 0.1) is 5.92 Å². The van der Waals surface area contributed by atoms with Gasteiger partial charge in [-0.25, -0.2) is 0 Å². The molecule has 3 heteroatoms. The van der Waals surface area contributed by atoms with Gasteiger partial charge in [-0.2, -0.15) is 0 Å². The average molecular weight is 274 g/mol. The molecule has 15 heavy (non-hydrogen) atoms. The van der Waals surface area contributed by atoms with Crippen LogP contribution >= 0.6 is 15.9 Å². The van der Waals surface area contributed by atoms with E-state index >= 15 is 0 Å². The van der Waals surface area contributed by atoms with Crippen LogP contribution in [0.2, 0.25) is 0 Å². The number of nitrogens with zero attached hydrogens (tertiary/aromatic N) is 1. The van der Waals surface area contributed by atoms with Crippen LogP contribution in [0.25, 0.3) is 0 Å². The molecule has 2 nitrogen and oxygen atoms in total. The third-order valence-corrected chi connectivity index (χ3v) is 4.74. The first kappa shape index (κ1) is 11.4. The molecule has 1 saturated heterocycles. The number of hydrogen-bond acceptors (Lipinski definition) is 1. The van der Waals surface area contributed by atoms with E-state index in [1.54, 1.807) is 0 Å². The van der Waals surface area contributed by atoms with Crippen LogP contribution in [0.3, 0.4) is 0 Å². The summed E-state index contributed by atoms with van der Waals surface area (Å²) in [4.78, 5) is 14.2. The van der Waals surface area contributed by atoms with Gasteiger partial charge < -0.3 is 4.90 Å². The number of carbonyl (C=O) groups is 1. The van der Waals surface area contributed by atoms with Crippen molar-refractivity contribution in [2.45, 2.75) is 56.3 Å². The quantitative estimate of drug-likeness (QED) is 0.532. The highest BCUT2D eigenvalue weighted by Gasteiger charge is 2.36. The van der Waals surface area contributed by atoms with Crippen molar-refractivity contribution < 1.29 is 4.79 Å². The van der Waals surface area contributed by atoms with Gasteiger partial charge in [0.2, 0.25) is 5.91 Å². The number of likely N-dealkylation sites (tertiary alicyclic amines) is 1. The van der Waals surface area contributed by atoms with E-state index in [1.165, 1.54) is 32.1 Å². The van der Waals surface area contributed by atoms with Crippen LogP contribution in [0.4, 0.5) is 0 Å². The molecule has 2 rings (SSSR count). The Morgan fingerprint density at radius 3 is 2.60 bits per heavy atom. The first-order valence-corrected chi connectivity index (χ1v) is 7.06. The second-order valence-electron chi connectivity index (χ2n) is 4.97. The van der Waals surface area contributed by atoms with Gasteiger partial charge in [0.25, 0.3) is 0 Å². The van der Waals surface area contributed by atoms with Gasteiger partial charge in [0, 0.05) is 12.6 Å². The van der Waals surface area contributed by atoms with E-state index < -0.39 is 0 Å². The summed E-state index contributed by atoms with van der Waals surface area (Å²) in [5.41, 5.74) is 0. The van der Waals surface area contributed by atoms with Crippen molar-refractivity contribution in [3.63, 3.8) is 0 Å². The summed E-state index contributed by atoms with van der Waals surface area (Å²) >= 11 is 3.46. The first-order valence-electron chi connectivity index (χ1n) is 6.14. The molecule has 0 N–H and O–H groups in total. The lowest BCUT2D eigenvalue weighted by atomic mass is 9.96. The minimum Gasteiger partial charge on any atom is -0.338 e. The molecule has 0 aromatic carbocycles. The number of carbonyl (C=O) groups excluding carboxylic acids is 1. The molecule has 0 aromatic heterocycles. The molecule has 0 radical (unpaired) electrons. The molecule has 0 bridgehead atoms. The molecule has 86 valence electrons. The Morgan fingerprint density at radius 1 is 1.20 bits per heavy atom. The van der Waals surface area contributed by atoms with Gasteiger partial charge in [0.15, 0.2) is 0 Å². The van der Waals surface area contributed by atoms with Crippen molar-refractivity contribution in [3.05, 3.63) is 0 Å². The zero-order valence-electron chi connectivity index (χ0n) is 9.42. The van der Waals surface area contributed by atoms with E-state index in [2.05, 4.69) is 27.8 Å². The van der Waals surface area contributed by atoms with Crippen molar-refractivity contribution in [2.24, 2.45) is 5.92 Å². The molecule has 1 amide bonds. The molecular formula is C12H20BrNO. The minimum atomic E-state index is 0.0907. The summed E-state index contributed by atoms with van der Waals surface area (Å²) in [6, 6.07) is 0.516. The predicted molar refractivity (Wildman–Crippen MR) is 65.1 cm³/mol. The fourth-order valence-electron chi connectivity index (χ4n) is 2.93. The van der Waals surface area contributed by atoms with E-state index in [1.807, 2.05) is 0 Å². The Labute approximate surface area is 101 Å². The summed E-state index contributed by atoms with van der Waals surface area (Å²) in [7, 11) is 0. The normalized spacial score (nSPS) is 38.1. The van der Waals surface area contributed by atoms with Gasteiger partial charge in [-0.1, -0.05) is 42.1 Å². The molecule has 0 spiro atoms. The van der Waals surface area contributed by atoms with E-state index in [4.69, 9.17) is 0 Å². The number of amides is 1. The smallest absolute Gasteiger partial charge is 0.236 e. The molecule has 1 aliphatic heterocycles. The van der Waals surface area contributed by atoms with Crippen LogP contribution in [-0.4, -0.2) is 28.2 Å². The molecule has 1 heterocycles. The van der Waals surface area contributed by atoms with E-state index in [0.717, 1.165) is 13.0 Å². The van der Waals surface area contributed by atoms with Crippen LogP contribution < -0.4 is 0 Å².